The second-order valence-corrected chi connectivity index (χ2v) is 5.26. The Labute approximate surface area is 128 Å². The zero-order valence-electron chi connectivity index (χ0n) is 11.9. The van der Waals surface area contributed by atoms with Gasteiger partial charge in [-0.15, -0.1) is 0 Å². The minimum Gasteiger partial charge on any atom is -0.508 e. The normalized spacial score (nSPS) is 11.3. The van der Waals surface area contributed by atoms with Crippen molar-refractivity contribution in [3.05, 3.63) is 70.4 Å². The summed E-state index contributed by atoms with van der Waals surface area (Å²) in [6, 6.07) is 11.8. The Morgan fingerprint density at radius 3 is 2.48 bits per heavy atom. The van der Waals surface area contributed by atoms with E-state index < -0.39 is 0 Å². The predicted molar refractivity (Wildman–Crippen MR) is 86.0 cm³/mol. The molecule has 0 aromatic heterocycles. The van der Waals surface area contributed by atoms with Crippen molar-refractivity contribution in [3.63, 3.8) is 0 Å². The molecule has 0 radical (unpaired) electrons. The highest BCUT2D eigenvalue weighted by Crippen LogP contribution is 2.21. The molecule has 2 N–H and O–H groups in total. The summed E-state index contributed by atoms with van der Waals surface area (Å²) in [7, 11) is 0. The highest BCUT2D eigenvalue weighted by Gasteiger charge is 2.04. The van der Waals surface area contributed by atoms with E-state index in [1.807, 2.05) is 13.8 Å². The summed E-state index contributed by atoms with van der Waals surface area (Å²) in [4.78, 5) is 12.1. The van der Waals surface area contributed by atoms with Crippen molar-refractivity contribution in [1.29, 1.82) is 0 Å². The molecule has 0 aliphatic heterocycles. The maximum absolute atomic E-state index is 12.1. The van der Waals surface area contributed by atoms with Gasteiger partial charge in [0.05, 0.1) is 0 Å². The van der Waals surface area contributed by atoms with Crippen LogP contribution in [0.4, 0.5) is 5.69 Å². The van der Waals surface area contributed by atoms with Crippen LogP contribution in [-0.2, 0) is 0 Å². The van der Waals surface area contributed by atoms with Gasteiger partial charge < -0.3 is 10.4 Å². The molecular formula is C17H16ClNO2. The van der Waals surface area contributed by atoms with Crippen molar-refractivity contribution >= 4 is 23.1 Å². The van der Waals surface area contributed by atoms with E-state index in [9.17, 15) is 9.90 Å². The van der Waals surface area contributed by atoms with Gasteiger partial charge in [-0.3, -0.25) is 4.79 Å². The van der Waals surface area contributed by atoms with Crippen LogP contribution in [0, 0.1) is 6.92 Å². The number of aryl methyl sites for hydroxylation is 1. The van der Waals surface area contributed by atoms with E-state index in [1.165, 1.54) is 6.08 Å². The fraction of sp³-hybridized carbons (Fsp3) is 0.118. The fourth-order valence-electron chi connectivity index (χ4n) is 1.93. The molecular weight excluding hydrogens is 286 g/mol. The number of aromatic hydroxyl groups is 1. The number of rotatable bonds is 4. The highest BCUT2D eigenvalue weighted by molar-refractivity contribution is 6.30. The molecule has 0 amide bonds. The van der Waals surface area contributed by atoms with E-state index in [0.29, 0.717) is 10.6 Å². The number of nitrogens with one attached hydrogen (secondary N) is 1. The molecule has 3 nitrogen and oxygen atoms in total. The zero-order chi connectivity index (χ0) is 15.4. The van der Waals surface area contributed by atoms with Gasteiger partial charge in [0, 0.05) is 28.0 Å². The van der Waals surface area contributed by atoms with Crippen molar-refractivity contribution in [2.75, 3.05) is 5.32 Å². The van der Waals surface area contributed by atoms with Crippen LogP contribution in [-0.4, -0.2) is 10.9 Å². The molecule has 0 bridgehead atoms. The number of phenols is 1. The third-order valence-electron chi connectivity index (χ3n) is 3.02. The molecule has 0 aliphatic rings. The Morgan fingerprint density at radius 2 is 1.86 bits per heavy atom. The van der Waals surface area contributed by atoms with Gasteiger partial charge in [0.15, 0.2) is 5.78 Å². The fourth-order valence-corrected chi connectivity index (χ4v) is 2.06. The van der Waals surface area contributed by atoms with Gasteiger partial charge in [-0.2, -0.15) is 0 Å². The molecule has 108 valence electrons. The molecule has 4 heteroatoms. The Morgan fingerprint density at radius 1 is 1.19 bits per heavy atom. The summed E-state index contributed by atoms with van der Waals surface area (Å²) in [5.74, 6) is 0.130. The van der Waals surface area contributed by atoms with E-state index in [-0.39, 0.29) is 11.5 Å². The lowest BCUT2D eigenvalue weighted by Gasteiger charge is -2.10. The molecule has 0 spiro atoms. The molecule has 0 heterocycles. The lowest BCUT2D eigenvalue weighted by Crippen LogP contribution is -2.02. The SMILES string of the molecule is CC(=CC(=O)c1ccc(Cl)cc1)Nc1ccc(O)cc1C. The van der Waals surface area contributed by atoms with Crippen LogP contribution in [0.5, 0.6) is 5.75 Å². The van der Waals surface area contributed by atoms with Gasteiger partial charge in [-0.05, 0) is 61.9 Å². The minimum atomic E-state index is -0.0897. The van der Waals surface area contributed by atoms with Gasteiger partial charge in [-0.25, -0.2) is 0 Å². The van der Waals surface area contributed by atoms with E-state index in [0.717, 1.165) is 16.9 Å². The first-order valence-corrected chi connectivity index (χ1v) is 6.88. The minimum absolute atomic E-state index is 0.0897. The second kappa shape index (κ2) is 6.46. The Kier molecular flexibility index (Phi) is 4.66. The summed E-state index contributed by atoms with van der Waals surface area (Å²) in [5.41, 5.74) is 3.07. The molecule has 2 rings (SSSR count). The van der Waals surface area contributed by atoms with E-state index in [2.05, 4.69) is 5.32 Å². The maximum Gasteiger partial charge on any atom is 0.187 e. The second-order valence-electron chi connectivity index (χ2n) is 4.82. The van der Waals surface area contributed by atoms with E-state index >= 15 is 0 Å². The van der Waals surface area contributed by atoms with Crippen molar-refractivity contribution in [2.24, 2.45) is 0 Å². The van der Waals surface area contributed by atoms with Crippen LogP contribution in [0.3, 0.4) is 0 Å². The number of ketones is 1. The number of allylic oxidation sites excluding steroid dienone is 2. The van der Waals surface area contributed by atoms with Gasteiger partial charge in [-0.1, -0.05) is 11.6 Å². The standard InChI is InChI=1S/C17H16ClNO2/c1-11-9-15(20)7-8-16(11)19-12(2)10-17(21)13-3-5-14(18)6-4-13/h3-10,19-20H,1-2H3. The monoisotopic (exact) mass is 301 g/mol. The Hall–Kier alpha value is -2.26. The first-order valence-electron chi connectivity index (χ1n) is 6.50. The quantitative estimate of drug-likeness (QED) is 0.495. The lowest BCUT2D eigenvalue weighted by atomic mass is 10.1. The summed E-state index contributed by atoms with van der Waals surface area (Å²) in [5, 5.41) is 13.1. The number of anilines is 1. The molecule has 2 aromatic carbocycles. The van der Waals surface area contributed by atoms with E-state index in [1.54, 1.807) is 42.5 Å². The number of hydrogen-bond donors (Lipinski definition) is 2. The smallest absolute Gasteiger partial charge is 0.187 e. The molecule has 0 unspecified atom stereocenters. The Balaban J connectivity index is 2.13. The molecule has 2 aromatic rings. The van der Waals surface area contributed by atoms with Crippen molar-refractivity contribution in [3.8, 4) is 5.75 Å². The maximum atomic E-state index is 12.1. The predicted octanol–water partition coefficient (Wildman–Crippen LogP) is 4.55. The zero-order valence-corrected chi connectivity index (χ0v) is 12.6. The molecule has 0 saturated carbocycles. The van der Waals surface area contributed by atoms with Crippen LogP contribution in [0.25, 0.3) is 0 Å². The average Bonchev–Trinajstić information content (AvgIpc) is 2.42. The lowest BCUT2D eigenvalue weighted by molar-refractivity contribution is 0.104. The molecule has 0 atom stereocenters. The summed E-state index contributed by atoms with van der Waals surface area (Å²) < 4.78 is 0. The summed E-state index contributed by atoms with van der Waals surface area (Å²) in [6.07, 6.45) is 1.54. The van der Waals surface area contributed by atoms with Gasteiger partial charge in [0.25, 0.3) is 0 Å². The van der Waals surface area contributed by atoms with Crippen molar-refractivity contribution < 1.29 is 9.90 Å². The van der Waals surface area contributed by atoms with Gasteiger partial charge in [0.1, 0.15) is 5.75 Å². The summed E-state index contributed by atoms with van der Waals surface area (Å²) in [6.45, 7) is 3.70. The Bertz CT molecular complexity index is 690. The third-order valence-corrected chi connectivity index (χ3v) is 3.27. The van der Waals surface area contributed by atoms with Crippen LogP contribution < -0.4 is 5.32 Å². The number of phenolic OH excluding ortho intramolecular Hbond substituents is 1. The third kappa shape index (κ3) is 4.10. The highest BCUT2D eigenvalue weighted by atomic mass is 35.5. The first kappa shape index (κ1) is 15.1. The number of benzene rings is 2. The molecule has 0 saturated heterocycles. The van der Waals surface area contributed by atoms with Crippen molar-refractivity contribution in [2.45, 2.75) is 13.8 Å². The van der Waals surface area contributed by atoms with Crippen LogP contribution in [0.1, 0.15) is 22.8 Å². The summed E-state index contributed by atoms with van der Waals surface area (Å²) >= 11 is 5.80. The number of hydrogen-bond acceptors (Lipinski definition) is 3. The van der Waals surface area contributed by atoms with Crippen LogP contribution >= 0.6 is 11.6 Å². The van der Waals surface area contributed by atoms with Crippen LogP contribution in [0.2, 0.25) is 5.02 Å². The molecule has 0 aliphatic carbocycles. The van der Waals surface area contributed by atoms with Gasteiger partial charge in [0.2, 0.25) is 0 Å². The number of halogens is 1. The van der Waals surface area contributed by atoms with Gasteiger partial charge >= 0.3 is 0 Å². The first-order chi connectivity index (χ1) is 9.95. The number of carbonyl (C=O) groups is 1. The van der Waals surface area contributed by atoms with Crippen LogP contribution in [0.15, 0.2) is 54.2 Å². The largest absolute Gasteiger partial charge is 0.508 e. The number of carbonyl (C=O) groups excluding carboxylic acids is 1. The molecule has 21 heavy (non-hydrogen) atoms. The molecule has 0 fully saturated rings. The van der Waals surface area contributed by atoms with E-state index in [4.69, 9.17) is 11.6 Å². The van der Waals surface area contributed by atoms with Crippen molar-refractivity contribution in [1.82, 2.24) is 0 Å². The average molecular weight is 302 g/mol. The topological polar surface area (TPSA) is 49.3 Å².